The van der Waals surface area contributed by atoms with Crippen LogP contribution in [0.5, 0.6) is 0 Å². The second kappa shape index (κ2) is 19.9. The minimum atomic E-state index is 1.03. The van der Waals surface area contributed by atoms with Crippen LogP contribution in [0, 0.1) is 0 Å². The molecular weight excluding hydrogens is 332 g/mol. The lowest BCUT2D eigenvalue weighted by Crippen LogP contribution is -1.66. The van der Waals surface area contributed by atoms with Crippen LogP contribution in [0.4, 0.5) is 0 Å². The van der Waals surface area contributed by atoms with Gasteiger partial charge in [-0.25, -0.2) is 0 Å². The van der Waals surface area contributed by atoms with E-state index in [1.54, 1.807) is 0 Å². The monoisotopic (exact) mass is 362 g/mol. The Morgan fingerprint density at radius 1 is 0.500 bits per heavy atom. The summed E-state index contributed by atoms with van der Waals surface area (Å²) in [4.78, 5) is 0. The number of hydrogen-bond donors (Lipinski definition) is 0. The molecule has 0 heterocycles. The molecular formula is C21H31Br. The molecule has 0 rings (SSSR count). The first-order valence-corrected chi connectivity index (χ1v) is 9.49. The van der Waals surface area contributed by atoms with Crippen LogP contribution in [-0.4, -0.2) is 5.33 Å². The molecule has 0 aliphatic carbocycles. The van der Waals surface area contributed by atoms with Gasteiger partial charge >= 0.3 is 0 Å². The van der Waals surface area contributed by atoms with Gasteiger partial charge in [0.15, 0.2) is 0 Å². The quantitative estimate of drug-likeness (QED) is 0.235. The SMILES string of the molecule is CCC=CCC=CCC=CCC=CCC=CCC=CCCBr. The zero-order valence-electron chi connectivity index (χ0n) is 14.0. The van der Waals surface area contributed by atoms with E-state index in [0.717, 1.165) is 50.3 Å². The molecule has 0 amide bonds. The Bertz CT molecular complexity index is 381. The van der Waals surface area contributed by atoms with E-state index in [1.807, 2.05) is 0 Å². The Kier molecular flexibility index (Phi) is 18.9. The van der Waals surface area contributed by atoms with E-state index in [-0.39, 0.29) is 0 Å². The van der Waals surface area contributed by atoms with Crippen molar-refractivity contribution in [3.8, 4) is 0 Å². The van der Waals surface area contributed by atoms with E-state index in [9.17, 15) is 0 Å². The third-order valence-electron chi connectivity index (χ3n) is 2.87. The number of halogens is 1. The van der Waals surface area contributed by atoms with Gasteiger partial charge in [0.2, 0.25) is 0 Å². The molecule has 0 aromatic heterocycles. The first-order valence-electron chi connectivity index (χ1n) is 8.37. The van der Waals surface area contributed by atoms with Crippen molar-refractivity contribution in [2.24, 2.45) is 0 Å². The Balaban J connectivity index is 3.48. The van der Waals surface area contributed by atoms with Gasteiger partial charge in [0, 0.05) is 5.33 Å². The predicted octanol–water partition coefficient (Wildman–Crippen LogP) is 7.47. The summed E-state index contributed by atoms with van der Waals surface area (Å²) in [5, 5.41) is 1.05. The summed E-state index contributed by atoms with van der Waals surface area (Å²) in [6.45, 7) is 2.16. The first kappa shape index (κ1) is 20.9. The van der Waals surface area contributed by atoms with Crippen molar-refractivity contribution in [2.45, 2.75) is 51.9 Å². The molecule has 0 unspecified atom stereocenters. The maximum absolute atomic E-state index is 3.41. The van der Waals surface area contributed by atoms with Crippen LogP contribution < -0.4 is 0 Å². The second-order valence-electron chi connectivity index (χ2n) is 4.89. The van der Waals surface area contributed by atoms with Crippen LogP contribution in [-0.2, 0) is 0 Å². The van der Waals surface area contributed by atoms with Crippen LogP contribution in [0.3, 0.4) is 0 Å². The highest BCUT2D eigenvalue weighted by molar-refractivity contribution is 9.09. The van der Waals surface area contributed by atoms with Crippen LogP contribution >= 0.6 is 15.9 Å². The zero-order valence-corrected chi connectivity index (χ0v) is 15.5. The molecule has 0 N–H and O–H groups in total. The topological polar surface area (TPSA) is 0 Å². The van der Waals surface area contributed by atoms with Gasteiger partial charge in [0.1, 0.15) is 0 Å². The summed E-state index contributed by atoms with van der Waals surface area (Å²) in [6, 6.07) is 0. The number of hydrogen-bond acceptors (Lipinski definition) is 0. The smallest absolute Gasteiger partial charge is 0.00659 e. The van der Waals surface area contributed by atoms with Crippen molar-refractivity contribution in [2.75, 3.05) is 5.33 Å². The van der Waals surface area contributed by atoms with Crippen LogP contribution in [0.2, 0.25) is 0 Å². The molecule has 0 spiro atoms. The van der Waals surface area contributed by atoms with Gasteiger partial charge in [0.25, 0.3) is 0 Å². The van der Waals surface area contributed by atoms with Crippen molar-refractivity contribution in [1.82, 2.24) is 0 Å². The van der Waals surface area contributed by atoms with Gasteiger partial charge in [-0.05, 0) is 44.9 Å². The summed E-state index contributed by atoms with van der Waals surface area (Å²) in [6.07, 6.45) is 34.1. The Labute approximate surface area is 146 Å². The molecule has 0 saturated heterocycles. The lowest BCUT2D eigenvalue weighted by atomic mass is 10.2. The average molecular weight is 363 g/mol. The van der Waals surface area contributed by atoms with Crippen LogP contribution in [0.15, 0.2) is 72.9 Å². The van der Waals surface area contributed by atoms with Crippen LogP contribution in [0.1, 0.15) is 51.9 Å². The maximum Gasteiger partial charge on any atom is 0.00659 e. The molecule has 1 heteroatoms. The minimum Gasteiger partial charge on any atom is -0.0925 e. The fraction of sp³-hybridized carbons (Fsp3) is 0.429. The fourth-order valence-corrected chi connectivity index (χ4v) is 1.97. The summed E-state index contributed by atoms with van der Waals surface area (Å²) in [5.74, 6) is 0. The molecule has 22 heavy (non-hydrogen) atoms. The highest BCUT2D eigenvalue weighted by Crippen LogP contribution is 1.97. The van der Waals surface area contributed by atoms with E-state index < -0.39 is 0 Å². The van der Waals surface area contributed by atoms with Crippen molar-refractivity contribution >= 4 is 15.9 Å². The van der Waals surface area contributed by atoms with Gasteiger partial charge in [0.05, 0.1) is 0 Å². The lowest BCUT2D eigenvalue weighted by Gasteiger charge is -1.86. The molecule has 0 fully saturated rings. The molecule has 0 aromatic carbocycles. The highest BCUT2D eigenvalue weighted by Gasteiger charge is 1.76. The minimum absolute atomic E-state index is 1.03. The molecule has 0 saturated carbocycles. The molecule has 0 bridgehead atoms. The number of alkyl halides is 1. The van der Waals surface area contributed by atoms with Crippen molar-refractivity contribution < 1.29 is 0 Å². The molecule has 0 aliphatic rings. The lowest BCUT2D eigenvalue weighted by molar-refractivity contribution is 1.19. The molecule has 0 nitrogen and oxygen atoms in total. The Morgan fingerprint density at radius 2 is 0.818 bits per heavy atom. The van der Waals surface area contributed by atoms with E-state index >= 15 is 0 Å². The Morgan fingerprint density at radius 3 is 1.14 bits per heavy atom. The van der Waals surface area contributed by atoms with Gasteiger partial charge in [-0.15, -0.1) is 0 Å². The standard InChI is InChI=1S/C21H31Br/c1-2-3-4-5-6-7-8-9-10-11-12-13-14-15-16-17-18-19-20-21-22/h3-4,6-7,9-10,12-13,15-16,18-19H,2,5,8,11,14,17,20-21H2,1H3. The summed E-state index contributed by atoms with van der Waals surface area (Å²) in [5.41, 5.74) is 0. The number of rotatable bonds is 13. The second-order valence-corrected chi connectivity index (χ2v) is 5.69. The molecule has 0 radical (unpaired) electrons. The van der Waals surface area contributed by atoms with Crippen LogP contribution in [0.25, 0.3) is 0 Å². The highest BCUT2D eigenvalue weighted by atomic mass is 79.9. The van der Waals surface area contributed by atoms with Gasteiger partial charge in [-0.2, -0.15) is 0 Å². The van der Waals surface area contributed by atoms with E-state index in [2.05, 4.69) is 95.8 Å². The predicted molar refractivity (Wildman–Crippen MR) is 107 cm³/mol. The van der Waals surface area contributed by atoms with Gasteiger partial charge in [-0.1, -0.05) is 95.8 Å². The summed E-state index contributed by atoms with van der Waals surface area (Å²) >= 11 is 3.41. The Hall–Kier alpha value is -1.08. The molecule has 122 valence electrons. The van der Waals surface area contributed by atoms with Gasteiger partial charge < -0.3 is 0 Å². The first-order chi connectivity index (χ1) is 10.9. The normalized spacial score (nSPS) is 13.4. The molecule has 0 aromatic rings. The average Bonchev–Trinajstić information content (AvgIpc) is 2.54. The maximum atomic E-state index is 3.41. The zero-order chi connectivity index (χ0) is 16.1. The van der Waals surface area contributed by atoms with Crippen molar-refractivity contribution in [3.05, 3.63) is 72.9 Å². The fourth-order valence-electron chi connectivity index (χ4n) is 1.70. The summed E-state index contributed by atoms with van der Waals surface area (Å²) in [7, 11) is 0. The van der Waals surface area contributed by atoms with Gasteiger partial charge in [-0.3, -0.25) is 0 Å². The van der Waals surface area contributed by atoms with E-state index in [1.165, 1.54) is 0 Å². The molecule has 0 aliphatic heterocycles. The van der Waals surface area contributed by atoms with E-state index in [4.69, 9.17) is 0 Å². The van der Waals surface area contributed by atoms with Crippen molar-refractivity contribution in [3.63, 3.8) is 0 Å². The summed E-state index contributed by atoms with van der Waals surface area (Å²) < 4.78 is 0. The van der Waals surface area contributed by atoms with Crippen molar-refractivity contribution in [1.29, 1.82) is 0 Å². The third-order valence-corrected chi connectivity index (χ3v) is 3.33. The third kappa shape index (κ3) is 18.9. The number of allylic oxidation sites excluding steroid dienone is 12. The van der Waals surface area contributed by atoms with E-state index in [0.29, 0.717) is 0 Å². The largest absolute Gasteiger partial charge is 0.0925 e. The molecule has 0 atom stereocenters.